The van der Waals surface area contributed by atoms with E-state index in [4.69, 9.17) is 5.11 Å². The first-order valence-corrected chi connectivity index (χ1v) is 5.41. The number of aliphatic carboxylic acids is 1. The summed E-state index contributed by atoms with van der Waals surface area (Å²) in [6.45, 7) is 3.70. The fourth-order valence-corrected chi connectivity index (χ4v) is 1.37. The van der Waals surface area contributed by atoms with Crippen LogP contribution in [0.25, 0.3) is 0 Å². The van der Waals surface area contributed by atoms with Crippen LogP contribution in [0.2, 0.25) is 0 Å². The van der Waals surface area contributed by atoms with Crippen molar-refractivity contribution in [3.05, 3.63) is 22.8 Å². The molecule has 0 saturated heterocycles. The molecular formula is C10H13BrN2O2. The minimum Gasteiger partial charge on any atom is -0.480 e. The van der Waals surface area contributed by atoms with E-state index < -0.39 is 12.0 Å². The summed E-state index contributed by atoms with van der Waals surface area (Å²) < 4.78 is 0.865. The van der Waals surface area contributed by atoms with Crippen molar-refractivity contribution in [3.8, 4) is 0 Å². The normalized spacial score (nSPS) is 12.5. The van der Waals surface area contributed by atoms with E-state index in [1.165, 1.54) is 0 Å². The highest BCUT2D eigenvalue weighted by molar-refractivity contribution is 9.10. The van der Waals surface area contributed by atoms with Crippen LogP contribution in [0.3, 0.4) is 0 Å². The molecule has 82 valence electrons. The summed E-state index contributed by atoms with van der Waals surface area (Å²) in [5, 5.41) is 11.8. The molecule has 0 aliphatic carbocycles. The van der Waals surface area contributed by atoms with Crippen molar-refractivity contribution in [1.82, 2.24) is 4.98 Å². The fourth-order valence-electron chi connectivity index (χ4n) is 1.13. The maximum Gasteiger partial charge on any atom is 0.326 e. The van der Waals surface area contributed by atoms with Crippen LogP contribution in [0.15, 0.2) is 22.8 Å². The summed E-state index contributed by atoms with van der Waals surface area (Å²) in [7, 11) is 0. The third kappa shape index (κ3) is 3.51. The van der Waals surface area contributed by atoms with Crippen LogP contribution in [0.1, 0.15) is 13.8 Å². The molecule has 0 aliphatic rings. The Kier molecular flexibility index (Phi) is 4.08. The Bertz CT molecular complexity index is 338. The molecule has 0 aliphatic heterocycles. The van der Waals surface area contributed by atoms with E-state index in [0.29, 0.717) is 5.82 Å². The van der Waals surface area contributed by atoms with Gasteiger partial charge in [-0.3, -0.25) is 0 Å². The molecule has 0 bridgehead atoms. The Morgan fingerprint density at radius 2 is 2.20 bits per heavy atom. The Hall–Kier alpha value is -1.10. The van der Waals surface area contributed by atoms with E-state index in [1.54, 1.807) is 12.3 Å². The van der Waals surface area contributed by atoms with Gasteiger partial charge in [0.05, 0.1) is 0 Å². The second kappa shape index (κ2) is 5.11. The van der Waals surface area contributed by atoms with Gasteiger partial charge in [-0.1, -0.05) is 13.8 Å². The molecule has 1 heterocycles. The number of nitrogens with zero attached hydrogens (tertiary/aromatic N) is 1. The fraction of sp³-hybridized carbons (Fsp3) is 0.400. The molecule has 0 fully saturated rings. The number of hydrogen-bond acceptors (Lipinski definition) is 3. The van der Waals surface area contributed by atoms with Gasteiger partial charge in [-0.25, -0.2) is 9.78 Å². The van der Waals surface area contributed by atoms with E-state index in [2.05, 4.69) is 26.2 Å². The van der Waals surface area contributed by atoms with Gasteiger partial charge in [-0.05, 0) is 34.0 Å². The van der Waals surface area contributed by atoms with Gasteiger partial charge in [0.1, 0.15) is 11.9 Å². The smallest absolute Gasteiger partial charge is 0.326 e. The zero-order valence-corrected chi connectivity index (χ0v) is 10.2. The average Bonchev–Trinajstić information content (AvgIpc) is 2.15. The van der Waals surface area contributed by atoms with Crippen molar-refractivity contribution in [1.29, 1.82) is 0 Å². The predicted octanol–water partition coefficient (Wildman–Crippen LogP) is 2.37. The molecule has 1 atom stereocenters. The Morgan fingerprint density at radius 3 is 2.60 bits per heavy atom. The molecular weight excluding hydrogens is 260 g/mol. The summed E-state index contributed by atoms with van der Waals surface area (Å²) in [5.74, 6) is -0.290. The number of carboxylic acid groups (broad SMARTS) is 1. The lowest BCUT2D eigenvalue weighted by Gasteiger charge is -2.18. The minimum atomic E-state index is -0.866. The van der Waals surface area contributed by atoms with Crippen molar-refractivity contribution >= 4 is 27.7 Å². The molecule has 15 heavy (non-hydrogen) atoms. The first-order chi connectivity index (χ1) is 7.00. The van der Waals surface area contributed by atoms with Crippen molar-refractivity contribution in [2.45, 2.75) is 19.9 Å². The van der Waals surface area contributed by atoms with E-state index in [1.807, 2.05) is 19.9 Å². The highest BCUT2D eigenvalue weighted by Gasteiger charge is 2.21. The van der Waals surface area contributed by atoms with Crippen LogP contribution in [-0.2, 0) is 4.79 Å². The zero-order chi connectivity index (χ0) is 11.4. The number of carbonyl (C=O) groups is 1. The topological polar surface area (TPSA) is 62.2 Å². The van der Waals surface area contributed by atoms with Gasteiger partial charge < -0.3 is 10.4 Å². The molecule has 1 aromatic rings. The molecule has 0 unspecified atom stereocenters. The van der Waals surface area contributed by atoms with Crippen molar-refractivity contribution < 1.29 is 9.90 Å². The number of nitrogens with one attached hydrogen (secondary N) is 1. The SMILES string of the molecule is CC(C)[C@@H](Nc1ccc(Br)cn1)C(=O)O. The lowest BCUT2D eigenvalue weighted by Crippen LogP contribution is -2.34. The predicted molar refractivity (Wildman–Crippen MR) is 61.8 cm³/mol. The van der Waals surface area contributed by atoms with Crippen LogP contribution in [-0.4, -0.2) is 22.1 Å². The Balaban J connectivity index is 2.74. The number of carboxylic acids is 1. The maximum absolute atomic E-state index is 10.9. The van der Waals surface area contributed by atoms with Gasteiger partial charge in [0.2, 0.25) is 0 Å². The minimum absolute atomic E-state index is 0.00736. The highest BCUT2D eigenvalue weighted by atomic mass is 79.9. The van der Waals surface area contributed by atoms with Crippen LogP contribution in [0.5, 0.6) is 0 Å². The van der Waals surface area contributed by atoms with Crippen molar-refractivity contribution in [3.63, 3.8) is 0 Å². The quantitative estimate of drug-likeness (QED) is 0.884. The molecule has 0 aromatic carbocycles. The van der Waals surface area contributed by atoms with Gasteiger partial charge in [0.25, 0.3) is 0 Å². The largest absolute Gasteiger partial charge is 0.480 e. The Morgan fingerprint density at radius 1 is 1.53 bits per heavy atom. The van der Waals surface area contributed by atoms with Crippen molar-refractivity contribution in [2.75, 3.05) is 5.32 Å². The molecule has 0 radical (unpaired) electrons. The van der Waals surface area contributed by atoms with Crippen LogP contribution < -0.4 is 5.32 Å². The van der Waals surface area contributed by atoms with E-state index in [0.717, 1.165) is 4.47 Å². The second-order valence-electron chi connectivity index (χ2n) is 3.57. The summed E-state index contributed by atoms with van der Waals surface area (Å²) in [4.78, 5) is 15.0. The third-order valence-electron chi connectivity index (χ3n) is 1.96. The first-order valence-electron chi connectivity index (χ1n) is 4.61. The number of hydrogen-bond donors (Lipinski definition) is 2. The lowest BCUT2D eigenvalue weighted by molar-refractivity contribution is -0.138. The first kappa shape index (κ1) is 12.0. The van der Waals surface area contributed by atoms with Gasteiger partial charge >= 0.3 is 5.97 Å². The number of aromatic nitrogens is 1. The molecule has 0 spiro atoms. The van der Waals surface area contributed by atoms with Gasteiger partial charge in [0.15, 0.2) is 0 Å². The monoisotopic (exact) mass is 272 g/mol. The van der Waals surface area contributed by atoms with Crippen LogP contribution in [0, 0.1) is 5.92 Å². The molecule has 1 rings (SSSR count). The summed E-state index contributed by atoms with van der Waals surface area (Å²) in [5.41, 5.74) is 0. The number of halogens is 1. The lowest BCUT2D eigenvalue weighted by atomic mass is 10.1. The average molecular weight is 273 g/mol. The van der Waals surface area contributed by atoms with E-state index in [-0.39, 0.29) is 5.92 Å². The highest BCUT2D eigenvalue weighted by Crippen LogP contribution is 2.13. The van der Waals surface area contributed by atoms with Crippen LogP contribution >= 0.6 is 15.9 Å². The molecule has 4 nitrogen and oxygen atoms in total. The summed E-state index contributed by atoms with van der Waals surface area (Å²) in [6.07, 6.45) is 1.63. The third-order valence-corrected chi connectivity index (χ3v) is 2.43. The van der Waals surface area contributed by atoms with Gasteiger partial charge in [-0.15, -0.1) is 0 Å². The standard InChI is InChI=1S/C10H13BrN2O2/c1-6(2)9(10(14)15)13-8-4-3-7(11)5-12-8/h3-6,9H,1-2H3,(H,12,13)(H,14,15)/t9-/m1/s1. The maximum atomic E-state index is 10.9. The van der Waals surface area contributed by atoms with Crippen LogP contribution in [0.4, 0.5) is 5.82 Å². The molecule has 5 heteroatoms. The van der Waals surface area contributed by atoms with E-state index in [9.17, 15) is 4.79 Å². The summed E-state index contributed by atoms with van der Waals surface area (Å²) >= 11 is 3.26. The Labute approximate surface area is 96.8 Å². The molecule has 0 amide bonds. The summed E-state index contributed by atoms with van der Waals surface area (Å²) in [6, 6.07) is 2.94. The molecule has 0 saturated carbocycles. The second-order valence-corrected chi connectivity index (χ2v) is 4.48. The number of anilines is 1. The number of rotatable bonds is 4. The van der Waals surface area contributed by atoms with Crippen molar-refractivity contribution in [2.24, 2.45) is 5.92 Å². The zero-order valence-electron chi connectivity index (χ0n) is 8.57. The van der Waals surface area contributed by atoms with Gasteiger partial charge in [-0.2, -0.15) is 0 Å². The van der Waals surface area contributed by atoms with Gasteiger partial charge in [0, 0.05) is 10.7 Å². The van der Waals surface area contributed by atoms with E-state index >= 15 is 0 Å². The molecule has 2 N–H and O–H groups in total. The molecule has 1 aromatic heterocycles. The number of pyridine rings is 1.